The zero-order valence-corrected chi connectivity index (χ0v) is 13.2. The minimum Gasteiger partial charge on any atom is -0.494 e. The molecule has 0 aliphatic rings. The van der Waals surface area contributed by atoms with Crippen molar-refractivity contribution in [3.05, 3.63) is 59.7 Å². The molecule has 0 unspecified atom stereocenters. The summed E-state index contributed by atoms with van der Waals surface area (Å²) in [5.41, 5.74) is 1.77. The molecule has 0 aliphatic heterocycles. The molecule has 0 aromatic heterocycles. The number of rotatable bonds is 7. The summed E-state index contributed by atoms with van der Waals surface area (Å²) in [6.07, 6.45) is 3.09. The Morgan fingerprint density at radius 3 is 2.09 bits per heavy atom. The summed E-state index contributed by atoms with van der Waals surface area (Å²) < 4.78 is 10.9. The molecule has 2 rings (SSSR count). The van der Waals surface area contributed by atoms with Gasteiger partial charge < -0.3 is 9.47 Å². The van der Waals surface area contributed by atoms with E-state index in [9.17, 15) is 4.79 Å². The van der Waals surface area contributed by atoms with Crippen LogP contribution < -0.4 is 9.47 Å². The first kappa shape index (κ1) is 16.1. The topological polar surface area (TPSA) is 35.5 Å². The molecule has 2 aromatic rings. The van der Waals surface area contributed by atoms with Gasteiger partial charge in [-0.05, 0) is 54.8 Å². The number of hydrogen-bond donors (Lipinski definition) is 0. The molecule has 0 amide bonds. The van der Waals surface area contributed by atoms with Crippen LogP contribution in [0.15, 0.2) is 48.5 Å². The molecule has 2 aromatic carbocycles. The van der Waals surface area contributed by atoms with Crippen molar-refractivity contribution in [2.75, 3.05) is 6.61 Å². The van der Waals surface area contributed by atoms with Gasteiger partial charge in [-0.3, -0.25) is 0 Å². The first-order valence-electron chi connectivity index (χ1n) is 7.77. The lowest BCUT2D eigenvalue weighted by atomic mass is 10.1. The maximum Gasteiger partial charge on any atom is 0.343 e. The Labute approximate surface area is 131 Å². The van der Waals surface area contributed by atoms with Crippen molar-refractivity contribution < 1.29 is 14.3 Å². The summed E-state index contributed by atoms with van der Waals surface area (Å²) in [5, 5.41) is 0. The second-order valence-corrected chi connectivity index (χ2v) is 5.16. The van der Waals surface area contributed by atoms with Gasteiger partial charge in [-0.1, -0.05) is 32.4 Å². The molecule has 0 spiro atoms. The lowest BCUT2D eigenvalue weighted by Gasteiger charge is -2.07. The van der Waals surface area contributed by atoms with Gasteiger partial charge in [0.15, 0.2) is 0 Å². The van der Waals surface area contributed by atoms with E-state index in [1.807, 2.05) is 24.3 Å². The Morgan fingerprint density at radius 2 is 1.50 bits per heavy atom. The lowest BCUT2D eigenvalue weighted by molar-refractivity contribution is 0.0734. The molecular weight excluding hydrogens is 276 g/mol. The first-order valence-corrected chi connectivity index (χ1v) is 7.77. The molecule has 0 radical (unpaired) electrons. The van der Waals surface area contributed by atoms with E-state index in [0.717, 1.165) is 25.0 Å². The predicted octanol–water partition coefficient (Wildman–Crippen LogP) is 4.65. The second kappa shape index (κ2) is 8.23. The maximum absolute atomic E-state index is 12.1. The van der Waals surface area contributed by atoms with Crippen molar-refractivity contribution in [3.8, 4) is 11.5 Å². The third-order valence-electron chi connectivity index (χ3n) is 3.24. The number of benzene rings is 2. The van der Waals surface area contributed by atoms with E-state index in [1.54, 1.807) is 24.3 Å². The molecule has 0 N–H and O–H groups in total. The van der Waals surface area contributed by atoms with Crippen LogP contribution >= 0.6 is 0 Å². The number of hydrogen-bond acceptors (Lipinski definition) is 3. The Hall–Kier alpha value is -2.29. The molecule has 0 bridgehead atoms. The van der Waals surface area contributed by atoms with Crippen molar-refractivity contribution in [1.29, 1.82) is 0 Å². The van der Waals surface area contributed by atoms with Crippen LogP contribution in [0.25, 0.3) is 0 Å². The fourth-order valence-electron chi connectivity index (χ4n) is 2.09. The number of aryl methyl sites for hydroxylation is 1. The molecule has 0 aliphatic carbocycles. The van der Waals surface area contributed by atoms with Gasteiger partial charge in [-0.2, -0.15) is 0 Å². The van der Waals surface area contributed by atoms with Crippen LogP contribution in [0.1, 0.15) is 42.6 Å². The van der Waals surface area contributed by atoms with Crippen LogP contribution in [0.5, 0.6) is 11.5 Å². The molecular formula is C19H22O3. The van der Waals surface area contributed by atoms with E-state index in [-0.39, 0.29) is 5.97 Å². The summed E-state index contributed by atoms with van der Waals surface area (Å²) in [4.78, 5) is 12.1. The van der Waals surface area contributed by atoms with Crippen LogP contribution in [0.3, 0.4) is 0 Å². The lowest BCUT2D eigenvalue weighted by Crippen LogP contribution is -2.08. The molecule has 116 valence electrons. The van der Waals surface area contributed by atoms with Gasteiger partial charge in [0.1, 0.15) is 11.5 Å². The highest BCUT2D eigenvalue weighted by molar-refractivity contribution is 5.91. The van der Waals surface area contributed by atoms with Gasteiger partial charge in [0, 0.05) is 0 Å². The van der Waals surface area contributed by atoms with E-state index >= 15 is 0 Å². The van der Waals surface area contributed by atoms with Gasteiger partial charge in [-0.15, -0.1) is 0 Å². The number of carbonyl (C=O) groups is 1. The third kappa shape index (κ3) is 4.62. The van der Waals surface area contributed by atoms with Crippen LogP contribution in [0.4, 0.5) is 0 Å². The van der Waals surface area contributed by atoms with E-state index in [2.05, 4.69) is 13.8 Å². The van der Waals surface area contributed by atoms with Crippen molar-refractivity contribution in [3.63, 3.8) is 0 Å². The van der Waals surface area contributed by atoms with Crippen molar-refractivity contribution >= 4 is 5.97 Å². The Kier molecular flexibility index (Phi) is 6.01. The highest BCUT2D eigenvalue weighted by atomic mass is 16.5. The summed E-state index contributed by atoms with van der Waals surface area (Å²) in [5.74, 6) is 0.976. The van der Waals surface area contributed by atoms with Gasteiger partial charge >= 0.3 is 5.97 Å². The van der Waals surface area contributed by atoms with Gasteiger partial charge in [-0.25, -0.2) is 4.79 Å². The molecule has 3 heteroatoms. The summed E-state index contributed by atoms with van der Waals surface area (Å²) >= 11 is 0. The van der Waals surface area contributed by atoms with E-state index in [1.165, 1.54) is 5.56 Å². The molecule has 0 fully saturated rings. The zero-order chi connectivity index (χ0) is 15.8. The predicted molar refractivity (Wildman–Crippen MR) is 87.6 cm³/mol. The Morgan fingerprint density at radius 1 is 0.864 bits per heavy atom. The van der Waals surface area contributed by atoms with Crippen molar-refractivity contribution in [2.24, 2.45) is 0 Å². The monoisotopic (exact) mass is 298 g/mol. The number of ether oxygens (including phenoxy) is 2. The number of carbonyl (C=O) groups excluding carboxylic acids is 1. The van der Waals surface area contributed by atoms with Crippen LogP contribution in [-0.4, -0.2) is 12.6 Å². The SMILES string of the molecule is CCCOc1ccc(C(=O)Oc2ccc(CCC)cc2)cc1. The normalized spacial score (nSPS) is 10.3. The van der Waals surface area contributed by atoms with Crippen LogP contribution in [-0.2, 0) is 6.42 Å². The molecule has 0 atom stereocenters. The van der Waals surface area contributed by atoms with Crippen LogP contribution in [0, 0.1) is 0 Å². The number of esters is 1. The fraction of sp³-hybridized carbons (Fsp3) is 0.316. The fourth-order valence-corrected chi connectivity index (χ4v) is 2.09. The standard InChI is InChI=1S/C19H22O3/c1-3-5-15-6-10-18(11-7-15)22-19(20)16-8-12-17(13-9-16)21-14-4-2/h6-13H,3-5,14H2,1-2H3. The van der Waals surface area contributed by atoms with Crippen molar-refractivity contribution in [2.45, 2.75) is 33.1 Å². The maximum atomic E-state index is 12.1. The minimum absolute atomic E-state index is 0.356. The highest BCUT2D eigenvalue weighted by Gasteiger charge is 2.08. The van der Waals surface area contributed by atoms with Gasteiger partial charge in [0.05, 0.1) is 12.2 Å². The zero-order valence-electron chi connectivity index (χ0n) is 13.2. The third-order valence-corrected chi connectivity index (χ3v) is 3.24. The Bertz CT molecular complexity index is 585. The summed E-state index contributed by atoms with van der Waals surface area (Å²) in [7, 11) is 0. The van der Waals surface area contributed by atoms with Gasteiger partial charge in [0.2, 0.25) is 0 Å². The molecule has 22 heavy (non-hydrogen) atoms. The largest absolute Gasteiger partial charge is 0.494 e. The highest BCUT2D eigenvalue weighted by Crippen LogP contribution is 2.17. The Balaban J connectivity index is 1.96. The first-order chi connectivity index (χ1) is 10.7. The minimum atomic E-state index is -0.356. The second-order valence-electron chi connectivity index (χ2n) is 5.16. The molecule has 0 heterocycles. The average Bonchev–Trinajstić information content (AvgIpc) is 2.55. The molecule has 0 saturated carbocycles. The molecule has 3 nitrogen and oxygen atoms in total. The average molecular weight is 298 g/mol. The smallest absolute Gasteiger partial charge is 0.343 e. The summed E-state index contributed by atoms with van der Waals surface area (Å²) in [6.45, 7) is 4.87. The van der Waals surface area contributed by atoms with Crippen molar-refractivity contribution in [1.82, 2.24) is 0 Å². The van der Waals surface area contributed by atoms with E-state index < -0.39 is 0 Å². The van der Waals surface area contributed by atoms with Gasteiger partial charge in [0.25, 0.3) is 0 Å². The molecule has 0 saturated heterocycles. The van der Waals surface area contributed by atoms with Crippen LogP contribution in [0.2, 0.25) is 0 Å². The quantitative estimate of drug-likeness (QED) is 0.551. The van der Waals surface area contributed by atoms with E-state index in [4.69, 9.17) is 9.47 Å². The van der Waals surface area contributed by atoms with E-state index in [0.29, 0.717) is 17.9 Å². The summed E-state index contributed by atoms with van der Waals surface area (Å²) in [6, 6.07) is 14.7.